The third-order valence-electron chi connectivity index (χ3n) is 3.86. The molecule has 0 bridgehead atoms. The van der Waals surface area contributed by atoms with E-state index in [9.17, 15) is 5.11 Å². The molecule has 2 heterocycles. The highest BCUT2D eigenvalue weighted by Gasteiger charge is 2.15. The van der Waals surface area contributed by atoms with Crippen molar-refractivity contribution in [2.75, 3.05) is 18.5 Å². The van der Waals surface area contributed by atoms with Gasteiger partial charge in [0.05, 0.1) is 5.52 Å². The Morgan fingerprint density at radius 3 is 2.88 bits per heavy atom. The minimum atomic E-state index is -0.783. The fraction of sp³-hybridized carbons (Fsp3) is 0.235. The van der Waals surface area contributed by atoms with Crippen molar-refractivity contribution >= 4 is 28.3 Å². The van der Waals surface area contributed by atoms with Gasteiger partial charge in [-0.3, -0.25) is 5.10 Å². The predicted molar refractivity (Wildman–Crippen MR) is 91.9 cm³/mol. The van der Waals surface area contributed by atoms with Gasteiger partial charge in [-0.2, -0.15) is 5.10 Å². The average molecular weight is 346 g/mol. The van der Waals surface area contributed by atoms with Crippen molar-refractivity contribution in [2.45, 2.75) is 12.6 Å². The van der Waals surface area contributed by atoms with Crippen LogP contribution in [0.2, 0.25) is 5.02 Å². The van der Waals surface area contributed by atoms with Crippen molar-refractivity contribution in [3.63, 3.8) is 0 Å². The Labute approximate surface area is 143 Å². The highest BCUT2D eigenvalue weighted by atomic mass is 35.5. The molecule has 1 aliphatic rings. The number of nitrogens with zero attached hydrogens (tertiary/aromatic N) is 1. The van der Waals surface area contributed by atoms with Crippen LogP contribution in [0.3, 0.4) is 0 Å². The number of H-pyrrole nitrogens is 1. The molecule has 0 fully saturated rings. The molecule has 4 rings (SSSR count). The molecule has 7 heteroatoms. The summed E-state index contributed by atoms with van der Waals surface area (Å²) >= 11 is 5.96. The quantitative estimate of drug-likeness (QED) is 0.633. The topological polar surface area (TPSA) is 79.4 Å². The van der Waals surface area contributed by atoms with E-state index in [-0.39, 0.29) is 0 Å². The summed E-state index contributed by atoms with van der Waals surface area (Å²) in [6, 6.07) is 11.1. The van der Waals surface area contributed by atoms with Crippen LogP contribution in [-0.4, -0.2) is 34.7 Å². The number of rotatable bonds is 4. The lowest BCUT2D eigenvalue weighted by Crippen LogP contribution is -2.22. The Morgan fingerprint density at radius 1 is 1.17 bits per heavy atom. The second-order valence-corrected chi connectivity index (χ2v) is 6.04. The number of hydrogen-bond donors (Lipinski definition) is 3. The van der Waals surface area contributed by atoms with Crippen LogP contribution in [0, 0.1) is 0 Å². The number of benzene rings is 2. The predicted octanol–water partition coefficient (Wildman–Crippen LogP) is 2.96. The van der Waals surface area contributed by atoms with E-state index in [0.717, 1.165) is 22.2 Å². The van der Waals surface area contributed by atoms with Gasteiger partial charge in [0, 0.05) is 16.8 Å². The van der Waals surface area contributed by atoms with Gasteiger partial charge in [0.2, 0.25) is 0 Å². The Hall–Kier alpha value is -2.44. The Bertz CT molecular complexity index is 881. The molecular weight excluding hydrogens is 330 g/mol. The van der Waals surface area contributed by atoms with Crippen molar-refractivity contribution in [2.24, 2.45) is 0 Å². The number of hydrogen-bond acceptors (Lipinski definition) is 5. The third kappa shape index (κ3) is 2.98. The molecule has 3 N–H and O–H groups in total. The SMILES string of the molecule is OC(Cc1ccc2c(c1)OCCO2)Nc1n[nH]c2cc(Cl)ccc12. The number of aliphatic hydroxyl groups is 1. The number of aromatic amines is 1. The molecule has 0 aliphatic carbocycles. The largest absolute Gasteiger partial charge is 0.486 e. The van der Waals surface area contributed by atoms with Gasteiger partial charge in [-0.15, -0.1) is 0 Å². The third-order valence-corrected chi connectivity index (χ3v) is 4.10. The summed E-state index contributed by atoms with van der Waals surface area (Å²) in [5.41, 5.74) is 1.76. The normalized spacial score (nSPS) is 14.6. The molecule has 0 saturated carbocycles. The van der Waals surface area contributed by atoms with Crippen LogP contribution in [-0.2, 0) is 6.42 Å². The number of fused-ring (bicyclic) bond motifs is 2. The van der Waals surface area contributed by atoms with Gasteiger partial charge in [0.15, 0.2) is 17.3 Å². The zero-order valence-corrected chi connectivity index (χ0v) is 13.5. The molecule has 3 aromatic rings. The van der Waals surface area contributed by atoms with Gasteiger partial charge in [-0.1, -0.05) is 17.7 Å². The second-order valence-electron chi connectivity index (χ2n) is 5.60. The summed E-state index contributed by atoms with van der Waals surface area (Å²) < 4.78 is 11.1. The second kappa shape index (κ2) is 6.22. The van der Waals surface area contributed by atoms with E-state index < -0.39 is 6.23 Å². The monoisotopic (exact) mass is 345 g/mol. The minimum Gasteiger partial charge on any atom is -0.486 e. The van der Waals surface area contributed by atoms with E-state index in [4.69, 9.17) is 21.1 Å². The molecule has 1 aliphatic heterocycles. The van der Waals surface area contributed by atoms with Crippen LogP contribution < -0.4 is 14.8 Å². The zero-order valence-electron chi connectivity index (χ0n) is 12.8. The molecule has 24 heavy (non-hydrogen) atoms. The molecule has 0 saturated heterocycles. The highest BCUT2D eigenvalue weighted by Crippen LogP contribution is 2.31. The maximum atomic E-state index is 10.3. The first kappa shape index (κ1) is 15.1. The molecule has 1 aromatic heterocycles. The Balaban J connectivity index is 1.49. The Kier molecular flexibility index (Phi) is 3.92. The summed E-state index contributed by atoms with van der Waals surface area (Å²) in [7, 11) is 0. The lowest BCUT2D eigenvalue weighted by Gasteiger charge is -2.19. The summed E-state index contributed by atoms with van der Waals surface area (Å²) in [6.45, 7) is 1.10. The molecule has 2 aromatic carbocycles. The number of nitrogens with one attached hydrogen (secondary N) is 2. The van der Waals surface area contributed by atoms with E-state index in [1.807, 2.05) is 24.3 Å². The first-order valence-electron chi connectivity index (χ1n) is 7.66. The smallest absolute Gasteiger partial charge is 0.161 e. The first-order valence-corrected chi connectivity index (χ1v) is 8.03. The van der Waals surface area contributed by atoms with E-state index in [2.05, 4.69) is 15.5 Å². The van der Waals surface area contributed by atoms with E-state index in [0.29, 0.717) is 36.2 Å². The molecule has 0 spiro atoms. The summed E-state index contributed by atoms with van der Waals surface area (Å²) in [5, 5.41) is 21.9. The number of halogens is 1. The van der Waals surface area contributed by atoms with Crippen molar-refractivity contribution in [1.82, 2.24) is 10.2 Å². The fourth-order valence-electron chi connectivity index (χ4n) is 2.75. The van der Waals surface area contributed by atoms with Gasteiger partial charge < -0.3 is 19.9 Å². The number of aliphatic hydroxyl groups excluding tert-OH is 1. The molecule has 1 unspecified atom stereocenters. The molecule has 124 valence electrons. The van der Waals surface area contributed by atoms with Gasteiger partial charge in [-0.25, -0.2) is 0 Å². The zero-order chi connectivity index (χ0) is 16.5. The lowest BCUT2D eigenvalue weighted by molar-refractivity contribution is 0.170. The van der Waals surface area contributed by atoms with E-state index >= 15 is 0 Å². The molecule has 0 amide bonds. The standard InChI is InChI=1S/C17H16ClN3O3/c18-11-2-3-12-13(9-11)20-21-17(12)19-16(22)8-10-1-4-14-15(7-10)24-6-5-23-14/h1-4,7,9,16,22H,5-6,8H2,(H2,19,20,21). The van der Waals surface area contributed by atoms with E-state index in [1.54, 1.807) is 12.1 Å². The molecule has 1 atom stereocenters. The van der Waals surface area contributed by atoms with Crippen molar-refractivity contribution in [3.05, 3.63) is 47.0 Å². The number of aromatic nitrogens is 2. The minimum absolute atomic E-state index is 0.415. The average Bonchev–Trinajstić information content (AvgIpc) is 2.96. The van der Waals surface area contributed by atoms with Crippen LogP contribution >= 0.6 is 11.6 Å². The summed E-state index contributed by atoms with van der Waals surface area (Å²) in [5.74, 6) is 2.04. The maximum Gasteiger partial charge on any atom is 0.161 e. The van der Waals surface area contributed by atoms with Gasteiger partial charge >= 0.3 is 0 Å². The van der Waals surface area contributed by atoms with Crippen LogP contribution in [0.25, 0.3) is 10.9 Å². The fourth-order valence-corrected chi connectivity index (χ4v) is 2.92. The number of anilines is 1. The van der Waals surface area contributed by atoms with Crippen molar-refractivity contribution in [1.29, 1.82) is 0 Å². The summed E-state index contributed by atoms with van der Waals surface area (Å²) in [6.07, 6.45) is -0.367. The Morgan fingerprint density at radius 2 is 2.00 bits per heavy atom. The van der Waals surface area contributed by atoms with Gasteiger partial charge in [0.1, 0.15) is 19.4 Å². The molecule has 6 nitrogen and oxygen atoms in total. The van der Waals surface area contributed by atoms with E-state index in [1.165, 1.54) is 0 Å². The van der Waals surface area contributed by atoms with Crippen LogP contribution in [0.4, 0.5) is 5.82 Å². The summed E-state index contributed by atoms with van der Waals surface area (Å²) in [4.78, 5) is 0. The first-order chi connectivity index (χ1) is 11.7. The highest BCUT2D eigenvalue weighted by molar-refractivity contribution is 6.31. The number of ether oxygens (including phenoxy) is 2. The molecule has 0 radical (unpaired) electrons. The molecular formula is C17H16ClN3O3. The van der Waals surface area contributed by atoms with Crippen molar-refractivity contribution < 1.29 is 14.6 Å². The van der Waals surface area contributed by atoms with Crippen LogP contribution in [0.1, 0.15) is 5.56 Å². The van der Waals surface area contributed by atoms with Crippen molar-refractivity contribution in [3.8, 4) is 11.5 Å². The van der Waals surface area contributed by atoms with Crippen LogP contribution in [0.5, 0.6) is 11.5 Å². The van der Waals surface area contributed by atoms with Crippen LogP contribution in [0.15, 0.2) is 36.4 Å². The van der Waals surface area contributed by atoms with Gasteiger partial charge in [0.25, 0.3) is 0 Å². The van der Waals surface area contributed by atoms with Gasteiger partial charge in [-0.05, 0) is 35.9 Å². The lowest BCUT2D eigenvalue weighted by atomic mass is 10.1. The maximum absolute atomic E-state index is 10.3.